The van der Waals surface area contributed by atoms with Gasteiger partial charge in [0, 0.05) is 37.7 Å². The van der Waals surface area contributed by atoms with Gasteiger partial charge < -0.3 is 28.7 Å². The maximum atomic E-state index is 13.3. The van der Waals surface area contributed by atoms with Gasteiger partial charge in [0.1, 0.15) is 23.0 Å². The molecule has 0 heterocycles. The molecule has 2 amide bonds. The number of amides is 2. The van der Waals surface area contributed by atoms with Gasteiger partial charge in [0.05, 0.1) is 11.8 Å². The number of carbonyl (C=O) groups excluding carboxylic acids is 4. The third kappa shape index (κ3) is 12.3. The number of nitrogens with zero attached hydrogens (tertiary/aromatic N) is 2. The van der Waals surface area contributed by atoms with Crippen molar-refractivity contribution in [2.24, 2.45) is 11.8 Å². The zero-order chi connectivity index (χ0) is 38.1. The van der Waals surface area contributed by atoms with E-state index >= 15 is 0 Å². The summed E-state index contributed by atoms with van der Waals surface area (Å²) in [5, 5.41) is 0. The first kappa shape index (κ1) is 40.2. The SMILES string of the molecule is CCSCCN(Cc1ccc(Oc2ccccc2)cc1)C(=O)OC(=O)C1CCC1C(=O)OC(=O)N(CCSCC)Cc1ccc(Oc2ccccc2)cc1. The van der Waals surface area contributed by atoms with Crippen LogP contribution < -0.4 is 9.47 Å². The molecule has 284 valence electrons. The van der Waals surface area contributed by atoms with Gasteiger partial charge in [0.25, 0.3) is 0 Å². The number of esters is 2. The summed E-state index contributed by atoms with van der Waals surface area (Å²) in [5.74, 6) is 2.47. The molecular weight excluding hydrogens is 725 g/mol. The molecule has 2 unspecified atom stereocenters. The highest BCUT2D eigenvalue weighted by Crippen LogP contribution is 2.37. The largest absolute Gasteiger partial charge is 0.457 e. The highest BCUT2D eigenvalue weighted by molar-refractivity contribution is 7.99. The quantitative estimate of drug-likeness (QED) is 0.0551. The number of rotatable bonds is 18. The molecule has 1 aliphatic carbocycles. The van der Waals surface area contributed by atoms with Crippen molar-refractivity contribution < 1.29 is 38.1 Å². The highest BCUT2D eigenvalue weighted by atomic mass is 32.2. The molecule has 12 heteroatoms. The maximum absolute atomic E-state index is 13.3. The first-order chi connectivity index (χ1) is 26.3. The number of carbonyl (C=O) groups is 4. The average Bonchev–Trinajstić information content (AvgIpc) is 3.16. The first-order valence-electron chi connectivity index (χ1n) is 18.1. The van der Waals surface area contributed by atoms with Crippen molar-refractivity contribution in [2.75, 3.05) is 36.1 Å². The Hall–Kier alpha value is -4.94. The highest BCUT2D eigenvalue weighted by Gasteiger charge is 2.45. The van der Waals surface area contributed by atoms with Crippen LogP contribution in [-0.2, 0) is 32.2 Å². The van der Waals surface area contributed by atoms with Crippen LogP contribution in [-0.4, -0.2) is 70.0 Å². The second kappa shape index (κ2) is 21.1. The second-order valence-electron chi connectivity index (χ2n) is 12.5. The number of hydrogen-bond donors (Lipinski definition) is 0. The van der Waals surface area contributed by atoms with Gasteiger partial charge in [-0.1, -0.05) is 74.5 Å². The normalized spacial score (nSPS) is 14.6. The van der Waals surface area contributed by atoms with Crippen molar-refractivity contribution >= 4 is 47.6 Å². The Kier molecular flexibility index (Phi) is 15.7. The van der Waals surface area contributed by atoms with Gasteiger partial charge in [-0.15, -0.1) is 0 Å². The van der Waals surface area contributed by atoms with Crippen LogP contribution in [0.1, 0.15) is 37.8 Å². The zero-order valence-corrected chi connectivity index (χ0v) is 32.2. The molecule has 5 rings (SSSR count). The van der Waals surface area contributed by atoms with Crippen LogP contribution in [0.2, 0.25) is 0 Å². The van der Waals surface area contributed by atoms with Crippen molar-refractivity contribution in [2.45, 2.75) is 39.8 Å². The lowest BCUT2D eigenvalue weighted by molar-refractivity contribution is -0.161. The van der Waals surface area contributed by atoms with Gasteiger partial charge in [0.15, 0.2) is 0 Å². The predicted molar refractivity (Wildman–Crippen MR) is 212 cm³/mol. The van der Waals surface area contributed by atoms with E-state index in [0.29, 0.717) is 60.4 Å². The Morgan fingerprint density at radius 1 is 0.537 bits per heavy atom. The lowest BCUT2D eigenvalue weighted by Crippen LogP contribution is -2.44. The molecule has 2 atom stereocenters. The van der Waals surface area contributed by atoms with Crippen LogP contribution in [0.5, 0.6) is 23.0 Å². The van der Waals surface area contributed by atoms with E-state index in [1.165, 1.54) is 9.80 Å². The Morgan fingerprint density at radius 2 is 0.889 bits per heavy atom. The topological polar surface area (TPSA) is 112 Å². The molecule has 0 N–H and O–H groups in total. The monoisotopic (exact) mass is 770 g/mol. The fraction of sp³-hybridized carbons (Fsp3) is 0.333. The van der Waals surface area contributed by atoms with Gasteiger partial charge in [-0.05, 0) is 84.0 Å². The molecule has 0 saturated heterocycles. The average molecular weight is 771 g/mol. The molecule has 1 aliphatic rings. The summed E-state index contributed by atoms with van der Waals surface area (Å²) in [6.45, 7) is 5.25. The Bertz CT molecular complexity index is 1660. The van der Waals surface area contributed by atoms with Crippen molar-refractivity contribution in [3.63, 3.8) is 0 Å². The Balaban J connectivity index is 1.15. The third-order valence-corrected chi connectivity index (χ3v) is 10.5. The molecule has 54 heavy (non-hydrogen) atoms. The summed E-state index contributed by atoms with van der Waals surface area (Å²) < 4.78 is 22.4. The van der Waals surface area contributed by atoms with Gasteiger partial charge in [-0.25, -0.2) is 9.59 Å². The molecule has 0 radical (unpaired) electrons. The van der Waals surface area contributed by atoms with Crippen molar-refractivity contribution in [1.82, 2.24) is 9.80 Å². The van der Waals surface area contributed by atoms with E-state index in [0.717, 1.165) is 22.6 Å². The molecule has 1 fully saturated rings. The summed E-state index contributed by atoms with van der Waals surface area (Å²) in [4.78, 5) is 56.1. The molecular formula is C42H46N2O8S2. The van der Waals surface area contributed by atoms with Crippen LogP contribution >= 0.6 is 23.5 Å². The summed E-state index contributed by atoms with van der Waals surface area (Å²) in [6, 6.07) is 33.6. The molecule has 1 saturated carbocycles. The van der Waals surface area contributed by atoms with E-state index in [1.807, 2.05) is 123 Å². The van der Waals surface area contributed by atoms with E-state index in [1.54, 1.807) is 23.5 Å². The summed E-state index contributed by atoms with van der Waals surface area (Å²) >= 11 is 3.34. The van der Waals surface area contributed by atoms with Crippen LogP contribution in [0.15, 0.2) is 109 Å². The molecule has 10 nitrogen and oxygen atoms in total. The number of para-hydroxylation sites is 2. The number of hydrogen-bond acceptors (Lipinski definition) is 10. The zero-order valence-electron chi connectivity index (χ0n) is 30.6. The predicted octanol–water partition coefficient (Wildman–Crippen LogP) is 9.43. The standard InChI is InChI=1S/C42H46N2O8S2/c1-3-53-27-25-43(29-31-15-19-35(20-16-31)49-33-11-7-5-8-12-33)41(47)51-39(45)37-23-24-38(37)40(46)52-42(48)44(26-28-54-4-2)30-32-17-21-36(22-18-32)50-34-13-9-6-10-14-34/h5-22,37-38H,3-4,23-30H2,1-2H3. The number of benzene rings is 4. The van der Waals surface area contributed by atoms with Gasteiger partial charge in [-0.2, -0.15) is 23.5 Å². The van der Waals surface area contributed by atoms with Crippen molar-refractivity contribution in [1.29, 1.82) is 0 Å². The molecule has 4 aromatic rings. The smallest absolute Gasteiger partial charge is 0.417 e. The van der Waals surface area contributed by atoms with E-state index in [-0.39, 0.29) is 13.1 Å². The minimum atomic E-state index is -0.878. The summed E-state index contributed by atoms with van der Waals surface area (Å²) in [7, 11) is 0. The van der Waals surface area contributed by atoms with Gasteiger partial charge >= 0.3 is 24.1 Å². The summed E-state index contributed by atoms with van der Waals surface area (Å²) in [6.07, 6.45) is -0.862. The lowest BCUT2D eigenvalue weighted by Gasteiger charge is -2.33. The van der Waals surface area contributed by atoms with Crippen LogP contribution in [0, 0.1) is 11.8 Å². The van der Waals surface area contributed by atoms with Crippen molar-refractivity contribution in [3.05, 3.63) is 120 Å². The lowest BCUT2D eigenvalue weighted by atomic mass is 9.74. The van der Waals surface area contributed by atoms with E-state index in [9.17, 15) is 19.2 Å². The van der Waals surface area contributed by atoms with Gasteiger partial charge in [0.2, 0.25) is 0 Å². The number of ether oxygens (including phenoxy) is 4. The second-order valence-corrected chi connectivity index (χ2v) is 15.3. The van der Waals surface area contributed by atoms with Crippen LogP contribution in [0.3, 0.4) is 0 Å². The fourth-order valence-corrected chi connectivity index (χ4v) is 6.92. The molecule has 4 aromatic carbocycles. The summed E-state index contributed by atoms with van der Waals surface area (Å²) in [5.41, 5.74) is 1.67. The fourth-order valence-electron chi connectivity index (χ4n) is 5.64. The van der Waals surface area contributed by atoms with Crippen LogP contribution in [0.25, 0.3) is 0 Å². The minimum absolute atomic E-state index is 0.224. The third-order valence-electron chi connectivity index (χ3n) is 8.74. The Labute approximate surface area is 325 Å². The molecule has 0 aromatic heterocycles. The number of thioether (sulfide) groups is 2. The van der Waals surface area contributed by atoms with Crippen molar-refractivity contribution in [3.8, 4) is 23.0 Å². The van der Waals surface area contributed by atoms with E-state index < -0.39 is 36.0 Å². The van der Waals surface area contributed by atoms with Gasteiger partial charge in [-0.3, -0.25) is 9.59 Å². The first-order valence-corrected chi connectivity index (χ1v) is 20.4. The molecule has 0 bridgehead atoms. The molecule has 0 aliphatic heterocycles. The van der Waals surface area contributed by atoms with E-state index in [2.05, 4.69) is 0 Å². The minimum Gasteiger partial charge on any atom is -0.457 e. The van der Waals surface area contributed by atoms with Crippen LogP contribution in [0.4, 0.5) is 9.59 Å². The maximum Gasteiger partial charge on any atom is 0.417 e. The van der Waals surface area contributed by atoms with E-state index in [4.69, 9.17) is 18.9 Å². The molecule has 0 spiro atoms. The Morgan fingerprint density at radius 3 is 1.22 bits per heavy atom.